The van der Waals surface area contributed by atoms with Crippen molar-refractivity contribution >= 4 is 12.4 Å². The van der Waals surface area contributed by atoms with Crippen molar-refractivity contribution in [2.75, 3.05) is 7.11 Å². The summed E-state index contributed by atoms with van der Waals surface area (Å²) in [6, 6.07) is 15.3. The molecule has 0 aliphatic rings. The minimum atomic E-state index is -0.617. The van der Waals surface area contributed by atoms with Crippen molar-refractivity contribution in [1.29, 1.82) is 0 Å². The van der Waals surface area contributed by atoms with E-state index in [1.807, 2.05) is 48.5 Å². The van der Waals surface area contributed by atoms with E-state index in [-0.39, 0.29) is 5.92 Å². The number of benzene rings is 2. The van der Waals surface area contributed by atoms with Gasteiger partial charge in [-0.15, -0.1) is 0 Å². The topological polar surface area (TPSA) is 73.9 Å². The smallest absolute Gasteiger partial charge is 0.408 e. The summed E-state index contributed by atoms with van der Waals surface area (Å²) in [4.78, 5) is 23.8. The lowest BCUT2D eigenvalue weighted by Crippen LogP contribution is -2.41. The molecule has 0 unspecified atom stereocenters. The van der Waals surface area contributed by atoms with Gasteiger partial charge in [-0.3, -0.25) is 0 Å². The molecule has 6 heteroatoms. The van der Waals surface area contributed by atoms with Crippen molar-refractivity contribution in [3.63, 3.8) is 0 Å². The monoisotopic (exact) mass is 455 g/mol. The normalized spacial score (nSPS) is 13.2. The number of carbonyl (C=O) groups is 2. The zero-order valence-corrected chi connectivity index (χ0v) is 20.6. The summed E-state index contributed by atoms with van der Waals surface area (Å²) in [5, 5.41) is 2.69. The van der Waals surface area contributed by atoms with E-state index in [0.29, 0.717) is 30.4 Å². The molecule has 1 amide bonds. The summed E-state index contributed by atoms with van der Waals surface area (Å²) in [5.74, 6) is 1.84. The van der Waals surface area contributed by atoms with E-state index >= 15 is 0 Å². The van der Waals surface area contributed by atoms with Crippen LogP contribution in [0.25, 0.3) is 0 Å². The number of ether oxygens (including phenoxy) is 3. The van der Waals surface area contributed by atoms with Crippen molar-refractivity contribution in [2.45, 2.75) is 65.7 Å². The minimum Gasteiger partial charge on any atom is -0.493 e. The van der Waals surface area contributed by atoms with Gasteiger partial charge in [-0.05, 0) is 68.7 Å². The fourth-order valence-electron chi connectivity index (χ4n) is 3.52. The summed E-state index contributed by atoms with van der Waals surface area (Å²) in [6.45, 7) is 10.1. The highest BCUT2D eigenvalue weighted by atomic mass is 16.6. The molecule has 0 bridgehead atoms. The molecule has 0 saturated carbocycles. The third kappa shape index (κ3) is 9.16. The Labute approximate surface area is 197 Å². The average molecular weight is 456 g/mol. The highest BCUT2D eigenvalue weighted by Gasteiger charge is 2.24. The summed E-state index contributed by atoms with van der Waals surface area (Å²) >= 11 is 0. The van der Waals surface area contributed by atoms with Gasteiger partial charge in [-0.2, -0.15) is 0 Å². The summed E-state index contributed by atoms with van der Waals surface area (Å²) in [5.41, 5.74) is 1.54. The Bertz CT molecular complexity index is 889. The lowest BCUT2D eigenvalue weighted by molar-refractivity contribution is -0.110. The fourth-order valence-corrected chi connectivity index (χ4v) is 3.52. The van der Waals surface area contributed by atoms with Gasteiger partial charge in [0.1, 0.15) is 18.5 Å². The van der Waals surface area contributed by atoms with Crippen LogP contribution >= 0.6 is 0 Å². The molecule has 180 valence electrons. The molecule has 2 atom stereocenters. The molecule has 2 rings (SSSR count). The van der Waals surface area contributed by atoms with Gasteiger partial charge < -0.3 is 24.3 Å². The second kappa shape index (κ2) is 12.3. The summed E-state index contributed by atoms with van der Waals surface area (Å²) in [6.07, 6.45) is 1.46. The molecule has 1 N–H and O–H groups in total. The number of alkyl carbamates (subject to hydrolysis) is 1. The number of hydrogen-bond acceptors (Lipinski definition) is 5. The summed E-state index contributed by atoms with van der Waals surface area (Å²) in [7, 11) is 1.62. The van der Waals surface area contributed by atoms with Crippen LogP contribution in [0, 0.1) is 11.8 Å². The lowest BCUT2D eigenvalue weighted by Gasteiger charge is -2.26. The Hall–Kier alpha value is -3.02. The van der Waals surface area contributed by atoms with Gasteiger partial charge in [-0.1, -0.05) is 50.2 Å². The van der Waals surface area contributed by atoms with Crippen molar-refractivity contribution < 1.29 is 23.8 Å². The molecule has 2 aromatic carbocycles. The van der Waals surface area contributed by atoms with Crippen molar-refractivity contribution in [2.24, 2.45) is 11.8 Å². The first-order valence-corrected chi connectivity index (χ1v) is 11.4. The fraction of sp³-hybridized carbons (Fsp3) is 0.481. The van der Waals surface area contributed by atoms with Gasteiger partial charge in [0.15, 0.2) is 11.5 Å². The average Bonchev–Trinajstić information content (AvgIpc) is 2.76. The van der Waals surface area contributed by atoms with Gasteiger partial charge >= 0.3 is 6.09 Å². The molecule has 0 spiro atoms. The quantitative estimate of drug-likeness (QED) is 0.448. The van der Waals surface area contributed by atoms with Gasteiger partial charge in [0.25, 0.3) is 0 Å². The van der Waals surface area contributed by atoms with Crippen LogP contribution in [0.5, 0.6) is 11.5 Å². The highest BCUT2D eigenvalue weighted by Crippen LogP contribution is 2.31. The number of hydrogen-bond donors (Lipinski definition) is 1. The maximum atomic E-state index is 12.1. The van der Waals surface area contributed by atoms with Crippen LogP contribution in [0.2, 0.25) is 0 Å². The second-order valence-electron chi connectivity index (χ2n) is 9.59. The van der Waals surface area contributed by atoms with E-state index in [9.17, 15) is 9.59 Å². The van der Waals surface area contributed by atoms with Gasteiger partial charge in [-0.25, -0.2) is 4.79 Å². The minimum absolute atomic E-state index is 0.172. The van der Waals surface area contributed by atoms with Crippen LogP contribution in [0.4, 0.5) is 4.79 Å². The standard InChI is InChI=1S/C27H37NO5/c1-19(2)22(16-23(17-29)28-26(30)33-27(3,4)5)14-21-12-13-24(31-6)25(15-21)32-18-20-10-8-7-9-11-20/h7-13,15,17,19,22-23H,14,16,18H2,1-6H3,(H,28,30)/t22-,23-/m0/s1. The third-order valence-corrected chi connectivity index (χ3v) is 5.33. The lowest BCUT2D eigenvalue weighted by atomic mass is 9.84. The zero-order chi connectivity index (χ0) is 24.4. The number of rotatable bonds is 11. The Morgan fingerprint density at radius 3 is 2.30 bits per heavy atom. The Morgan fingerprint density at radius 2 is 1.73 bits per heavy atom. The Morgan fingerprint density at radius 1 is 1.03 bits per heavy atom. The summed E-state index contributed by atoms with van der Waals surface area (Å²) < 4.78 is 16.8. The van der Waals surface area contributed by atoms with E-state index in [2.05, 4.69) is 19.2 Å². The van der Waals surface area contributed by atoms with Crippen LogP contribution in [0.15, 0.2) is 48.5 Å². The van der Waals surface area contributed by atoms with Crippen molar-refractivity contribution in [3.05, 3.63) is 59.7 Å². The van der Waals surface area contributed by atoms with Crippen LogP contribution < -0.4 is 14.8 Å². The molecule has 33 heavy (non-hydrogen) atoms. The SMILES string of the molecule is COc1ccc(C[C@@H](C[C@@H](C=O)NC(=O)OC(C)(C)C)C(C)C)cc1OCc1ccccc1. The molecule has 0 aromatic heterocycles. The predicted octanol–water partition coefficient (Wildman–Crippen LogP) is 5.57. The number of carbonyl (C=O) groups excluding carboxylic acids is 2. The van der Waals surface area contributed by atoms with E-state index < -0.39 is 17.7 Å². The maximum absolute atomic E-state index is 12.1. The molecule has 0 aliphatic carbocycles. The molecular weight excluding hydrogens is 418 g/mol. The van der Waals surface area contributed by atoms with Crippen LogP contribution in [-0.2, 0) is 22.6 Å². The van der Waals surface area contributed by atoms with Gasteiger partial charge in [0.2, 0.25) is 0 Å². The van der Waals surface area contributed by atoms with Crippen molar-refractivity contribution in [1.82, 2.24) is 5.32 Å². The van der Waals surface area contributed by atoms with E-state index in [0.717, 1.165) is 23.8 Å². The first-order valence-electron chi connectivity index (χ1n) is 11.4. The third-order valence-electron chi connectivity index (χ3n) is 5.33. The zero-order valence-electron chi connectivity index (χ0n) is 20.6. The van der Waals surface area contributed by atoms with E-state index in [1.165, 1.54) is 0 Å². The molecular formula is C27H37NO5. The highest BCUT2D eigenvalue weighted by molar-refractivity contribution is 5.73. The maximum Gasteiger partial charge on any atom is 0.408 e. The number of methoxy groups -OCH3 is 1. The first-order chi connectivity index (χ1) is 15.6. The van der Waals surface area contributed by atoms with Crippen LogP contribution in [0.1, 0.15) is 52.2 Å². The molecule has 6 nitrogen and oxygen atoms in total. The number of nitrogens with one attached hydrogen (secondary N) is 1. The Balaban J connectivity index is 2.09. The van der Waals surface area contributed by atoms with Gasteiger partial charge in [0.05, 0.1) is 13.2 Å². The van der Waals surface area contributed by atoms with Crippen LogP contribution in [-0.4, -0.2) is 31.1 Å². The molecule has 0 aliphatic heterocycles. The molecule has 0 radical (unpaired) electrons. The number of amides is 1. The first kappa shape index (κ1) is 26.2. The number of aldehydes is 1. The van der Waals surface area contributed by atoms with E-state index in [4.69, 9.17) is 14.2 Å². The molecule has 0 saturated heterocycles. The molecule has 0 heterocycles. The molecule has 2 aromatic rings. The largest absolute Gasteiger partial charge is 0.493 e. The van der Waals surface area contributed by atoms with Crippen molar-refractivity contribution in [3.8, 4) is 11.5 Å². The van der Waals surface area contributed by atoms with Crippen LogP contribution in [0.3, 0.4) is 0 Å². The second-order valence-corrected chi connectivity index (χ2v) is 9.59. The predicted molar refractivity (Wildman–Crippen MR) is 130 cm³/mol. The molecule has 0 fully saturated rings. The van der Waals surface area contributed by atoms with Gasteiger partial charge in [0, 0.05) is 0 Å². The van der Waals surface area contributed by atoms with E-state index in [1.54, 1.807) is 27.9 Å². The Kier molecular flexibility index (Phi) is 9.76.